The summed E-state index contributed by atoms with van der Waals surface area (Å²) in [6.07, 6.45) is 1.08. The third kappa shape index (κ3) is 3.15. The maximum atomic E-state index is 5.20. The third-order valence-corrected chi connectivity index (χ3v) is 3.46. The van der Waals surface area contributed by atoms with Crippen LogP contribution in [0.3, 0.4) is 0 Å². The van der Waals surface area contributed by atoms with Crippen LogP contribution in [0.5, 0.6) is 5.75 Å². The smallest absolute Gasteiger partial charge is 0.118 e. The topological polar surface area (TPSA) is 21.3 Å². The monoisotopic (exact) mass is 255 g/mol. The Morgan fingerprint density at radius 3 is 1.89 bits per heavy atom. The highest BCUT2D eigenvalue weighted by molar-refractivity contribution is 5.36. The van der Waals surface area contributed by atoms with Gasteiger partial charge in [0.1, 0.15) is 5.75 Å². The first-order chi connectivity index (χ1) is 9.28. The van der Waals surface area contributed by atoms with Gasteiger partial charge in [-0.3, -0.25) is 0 Å². The molecule has 0 spiro atoms. The zero-order valence-electron chi connectivity index (χ0n) is 11.8. The predicted molar refractivity (Wildman–Crippen MR) is 79.7 cm³/mol. The van der Waals surface area contributed by atoms with Crippen LogP contribution >= 0.6 is 0 Å². The number of hydrogen-bond acceptors (Lipinski definition) is 2. The number of benzene rings is 2. The molecule has 1 atom stereocenters. The van der Waals surface area contributed by atoms with Gasteiger partial charge in [0.05, 0.1) is 13.2 Å². The van der Waals surface area contributed by atoms with E-state index in [1.54, 1.807) is 7.11 Å². The summed E-state index contributed by atoms with van der Waals surface area (Å²) in [5, 5.41) is 3.37. The van der Waals surface area contributed by atoms with Crippen molar-refractivity contribution in [3.05, 3.63) is 65.2 Å². The molecule has 0 aliphatic carbocycles. The van der Waals surface area contributed by atoms with Crippen LogP contribution in [0.4, 0.5) is 0 Å². The van der Waals surface area contributed by atoms with Gasteiger partial charge in [-0.25, -0.2) is 0 Å². The third-order valence-electron chi connectivity index (χ3n) is 3.46. The van der Waals surface area contributed by atoms with Crippen molar-refractivity contribution in [1.82, 2.24) is 5.32 Å². The Balaban J connectivity index is 2.26. The predicted octanol–water partition coefficient (Wildman–Crippen LogP) is 3.57. The molecule has 0 saturated heterocycles. The van der Waals surface area contributed by atoms with E-state index < -0.39 is 0 Å². The van der Waals surface area contributed by atoms with E-state index in [2.05, 4.69) is 48.6 Å². The molecule has 0 aromatic heterocycles. The minimum Gasteiger partial charge on any atom is -0.497 e. The quantitative estimate of drug-likeness (QED) is 0.882. The molecule has 0 heterocycles. The van der Waals surface area contributed by atoms with Crippen LogP contribution in [0.15, 0.2) is 48.5 Å². The van der Waals surface area contributed by atoms with Gasteiger partial charge in [0.15, 0.2) is 0 Å². The largest absolute Gasteiger partial charge is 0.497 e. The normalized spacial score (nSPS) is 12.2. The van der Waals surface area contributed by atoms with E-state index in [-0.39, 0.29) is 6.04 Å². The lowest BCUT2D eigenvalue weighted by atomic mass is 9.97. The molecule has 0 fully saturated rings. The Hall–Kier alpha value is -1.80. The minimum atomic E-state index is 0.219. The summed E-state index contributed by atoms with van der Waals surface area (Å²) in [5.74, 6) is 0.889. The average molecular weight is 255 g/mol. The summed E-state index contributed by atoms with van der Waals surface area (Å²) in [6.45, 7) is 2.17. The second kappa shape index (κ2) is 6.39. The van der Waals surface area contributed by atoms with E-state index in [9.17, 15) is 0 Å². The maximum absolute atomic E-state index is 5.20. The van der Waals surface area contributed by atoms with Gasteiger partial charge >= 0.3 is 0 Å². The van der Waals surface area contributed by atoms with Gasteiger partial charge in [0.25, 0.3) is 0 Å². The van der Waals surface area contributed by atoms with Crippen LogP contribution in [0.2, 0.25) is 0 Å². The lowest BCUT2D eigenvalue weighted by Gasteiger charge is -2.18. The van der Waals surface area contributed by atoms with Crippen molar-refractivity contribution in [2.24, 2.45) is 0 Å². The molecule has 0 aliphatic rings. The van der Waals surface area contributed by atoms with Crippen molar-refractivity contribution in [3.63, 3.8) is 0 Å². The summed E-state index contributed by atoms with van der Waals surface area (Å²) in [4.78, 5) is 0. The van der Waals surface area contributed by atoms with Crippen molar-refractivity contribution in [3.8, 4) is 5.75 Å². The Morgan fingerprint density at radius 2 is 1.47 bits per heavy atom. The number of rotatable bonds is 5. The summed E-state index contributed by atoms with van der Waals surface area (Å²) < 4.78 is 5.20. The lowest BCUT2D eigenvalue weighted by molar-refractivity contribution is 0.414. The van der Waals surface area contributed by atoms with E-state index in [0.717, 1.165) is 12.2 Å². The van der Waals surface area contributed by atoms with Gasteiger partial charge < -0.3 is 10.1 Å². The van der Waals surface area contributed by atoms with Gasteiger partial charge in [0.2, 0.25) is 0 Å². The fourth-order valence-corrected chi connectivity index (χ4v) is 2.27. The van der Waals surface area contributed by atoms with Crippen molar-refractivity contribution >= 4 is 0 Å². The molecule has 2 heteroatoms. The number of aryl methyl sites for hydroxylation is 1. The van der Waals surface area contributed by atoms with E-state index >= 15 is 0 Å². The first kappa shape index (κ1) is 13.6. The molecule has 100 valence electrons. The van der Waals surface area contributed by atoms with Gasteiger partial charge in [-0.15, -0.1) is 0 Å². The van der Waals surface area contributed by atoms with Crippen molar-refractivity contribution in [1.29, 1.82) is 0 Å². The zero-order chi connectivity index (χ0) is 13.7. The summed E-state index contributed by atoms with van der Waals surface area (Å²) >= 11 is 0. The maximum Gasteiger partial charge on any atom is 0.118 e. The van der Waals surface area contributed by atoms with Crippen LogP contribution in [-0.2, 0) is 6.42 Å². The molecule has 2 nitrogen and oxygen atoms in total. The SMILES string of the molecule is CCc1ccc(C(NC)c2ccc(OC)cc2)cc1. The molecule has 0 aliphatic heterocycles. The summed E-state index contributed by atoms with van der Waals surface area (Å²) in [5.41, 5.74) is 3.89. The molecule has 0 saturated carbocycles. The number of nitrogens with one attached hydrogen (secondary N) is 1. The molecule has 1 N–H and O–H groups in total. The van der Waals surface area contributed by atoms with Crippen molar-refractivity contribution < 1.29 is 4.74 Å². The minimum absolute atomic E-state index is 0.219. The molecular formula is C17H21NO. The molecule has 0 bridgehead atoms. The lowest BCUT2D eigenvalue weighted by Crippen LogP contribution is -2.17. The number of hydrogen-bond donors (Lipinski definition) is 1. The summed E-state index contributed by atoms with van der Waals surface area (Å²) in [7, 11) is 3.68. The average Bonchev–Trinajstić information content (AvgIpc) is 2.49. The highest BCUT2D eigenvalue weighted by atomic mass is 16.5. The van der Waals surface area contributed by atoms with Crippen LogP contribution in [-0.4, -0.2) is 14.2 Å². The molecule has 0 radical (unpaired) electrons. The van der Waals surface area contributed by atoms with Crippen LogP contribution < -0.4 is 10.1 Å². The van der Waals surface area contributed by atoms with Gasteiger partial charge in [-0.1, -0.05) is 43.3 Å². The van der Waals surface area contributed by atoms with Gasteiger partial charge in [0, 0.05) is 0 Å². The van der Waals surface area contributed by atoms with Crippen LogP contribution in [0.1, 0.15) is 29.7 Å². The van der Waals surface area contributed by atoms with Crippen molar-refractivity contribution in [2.45, 2.75) is 19.4 Å². The molecular weight excluding hydrogens is 234 g/mol. The molecule has 2 aromatic rings. The van der Waals surface area contributed by atoms with Crippen LogP contribution in [0.25, 0.3) is 0 Å². The Kier molecular flexibility index (Phi) is 4.58. The fourth-order valence-electron chi connectivity index (χ4n) is 2.27. The van der Waals surface area contributed by atoms with E-state index in [4.69, 9.17) is 4.74 Å². The van der Waals surface area contributed by atoms with Crippen molar-refractivity contribution in [2.75, 3.05) is 14.2 Å². The molecule has 19 heavy (non-hydrogen) atoms. The number of methoxy groups -OCH3 is 1. The molecule has 1 unspecified atom stereocenters. The zero-order valence-corrected chi connectivity index (χ0v) is 11.8. The first-order valence-electron chi connectivity index (χ1n) is 6.68. The highest BCUT2D eigenvalue weighted by Crippen LogP contribution is 2.24. The molecule has 0 amide bonds. The Labute approximate surface area is 115 Å². The molecule has 2 rings (SSSR count). The van der Waals surface area contributed by atoms with E-state index in [1.165, 1.54) is 16.7 Å². The Bertz CT molecular complexity index is 454. The number of ether oxygens (including phenoxy) is 1. The van der Waals surface area contributed by atoms with Gasteiger partial charge in [-0.05, 0) is 42.3 Å². The van der Waals surface area contributed by atoms with Crippen LogP contribution in [0, 0.1) is 0 Å². The second-order valence-electron chi connectivity index (χ2n) is 4.59. The first-order valence-corrected chi connectivity index (χ1v) is 6.68. The Morgan fingerprint density at radius 1 is 0.947 bits per heavy atom. The fraction of sp³-hybridized carbons (Fsp3) is 0.294. The second-order valence-corrected chi connectivity index (χ2v) is 4.59. The van der Waals surface area contributed by atoms with Gasteiger partial charge in [-0.2, -0.15) is 0 Å². The standard InChI is InChI=1S/C17H21NO/c1-4-13-5-7-14(8-6-13)17(18-2)15-9-11-16(19-3)12-10-15/h5-12,17-18H,4H2,1-3H3. The van der Waals surface area contributed by atoms with E-state index in [0.29, 0.717) is 0 Å². The molecule has 2 aromatic carbocycles. The van der Waals surface area contributed by atoms with E-state index in [1.807, 2.05) is 19.2 Å². The summed E-state index contributed by atoms with van der Waals surface area (Å²) in [6, 6.07) is 17.2. The highest BCUT2D eigenvalue weighted by Gasteiger charge is 2.11.